The van der Waals surface area contributed by atoms with Crippen LogP contribution in [-0.2, 0) is 0 Å². The van der Waals surface area contributed by atoms with E-state index >= 15 is 0 Å². The Morgan fingerprint density at radius 3 is 2.60 bits per heavy atom. The number of carbonyl (C=O) groups excluding carboxylic acids is 1. The number of aryl methyl sites for hydroxylation is 1. The summed E-state index contributed by atoms with van der Waals surface area (Å²) in [5, 5.41) is 8.21. The van der Waals surface area contributed by atoms with Crippen molar-refractivity contribution in [2.45, 2.75) is 59.0 Å². The smallest absolute Gasteiger partial charge is 0.252 e. The van der Waals surface area contributed by atoms with E-state index in [0.29, 0.717) is 12.1 Å². The summed E-state index contributed by atoms with van der Waals surface area (Å²) in [4.78, 5) is 17.2. The zero-order chi connectivity index (χ0) is 17.0. The number of halogens is 2. The van der Waals surface area contributed by atoms with E-state index < -0.39 is 0 Å². The molecule has 0 bridgehead atoms. The Morgan fingerprint density at radius 1 is 1.36 bits per heavy atom. The molecule has 1 unspecified atom stereocenters. The minimum absolute atomic E-state index is 0. The summed E-state index contributed by atoms with van der Waals surface area (Å²) in [7, 11) is 0. The summed E-state index contributed by atoms with van der Waals surface area (Å²) in [6.45, 7) is 8.57. The van der Waals surface area contributed by atoms with Crippen LogP contribution in [0, 0.1) is 6.92 Å². The molecule has 0 radical (unpaired) electrons. The summed E-state index contributed by atoms with van der Waals surface area (Å²) in [6.07, 6.45) is 4.77. The van der Waals surface area contributed by atoms with E-state index in [9.17, 15) is 4.79 Å². The first-order valence-electron chi connectivity index (χ1n) is 8.33. The van der Waals surface area contributed by atoms with Crippen molar-refractivity contribution < 1.29 is 4.79 Å². The second-order valence-corrected chi connectivity index (χ2v) is 6.28. The van der Waals surface area contributed by atoms with Gasteiger partial charge in [-0.15, -0.1) is 24.8 Å². The third-order valence-corrected chi connectivity index (χ3v) is 3.95. The number of nitrogens with zero attached hydrogens (tertiary/aromatic N) is 3. The zero-order valence-corrected chi connectivity index (χ0v) is 16.9. The molecule has 1 atom stereocenters. The Bertz CT molecular complexity index is 687. The molecule has 0 saturated heterocycles. The van der Waals surface area contributed by atoms with E-state index in [1.54, 1.807) is 6.20 Å². The number of unbranched alkanes of at least 4 members (excludes halogenated alkanes) is 1. The van der Waals surface area contributed by atoms with E-state index in [1.807, 2.05) is 31.5 Å². The Labute approximate surface area is 161 Å². The van der Waals surface area contributed by atoms with Crippen LogP contribution in [0.4, 0.5) is 0 Å². The Hall–Kier alpha value is -1.37. The van der Waals surface area contributed by atoms with Crippen LogP contribution in [0.15, 0.2) is 12.3 Å². The molecule has 3 N–H and O–H groups in total. The van der Waals surface area contributed by atoms with Crippen LogP contribution in [-0.4, -0.2) is 33.3 Å². The molecule has 1 amide bonds. The van der Waals surface area contributed by atoms with Gasteiger partial charge in [0.25, 0.3) is 5.91 Å². The molecule has 0 spiro atoms. The first-order chi connectivity index (χ1) is 11.0. The largest absolute Gasteiger partial charge is 0.348 e. The molecule has 0 aliphatic rings. The van der Waals surface area contributed by atoms with Gasteiger partial charge in [0, 0.05) is 24.3 Å². The standard InChI is InChI=1S/C17H27N5O.2ClH/c1-5-6-7-13(9-18)21-17(23)14-8-12(4)20-16-15(14)10-19-22(16)11(2)3;;/h8,10-11,13H,5-7,9,18H2,1-4H3,(H,21,23);2*1H. The van der Waals surface area contributed by atoms with E-state index in [0.717, 1.165) is 36.0 Å². The van der Waals surface area contributed by atoms with Crippen LogP contribution in [0.5, 0.6) is 0 Å². The quantitative estimate of drug-likeness (QED) is 0.759. The maximum absolute atomic E-state index is 12.7. The number of carbonyl (C=O) groups is 1. The summed E-state index contributed by atoms with van der Waals surface area (Å²) < 4.78 is 1.84. The van der Waals surface area contributed by atoms with Crippen LogP contribution < -0.4 is 11.1 Å². The normalized spacial score (nSPS) is 11.8. The number of fused-ring (bicyclic) bond motifs is 1. The van der Waals surface area contributed by atoms with Crippen LogP contribution in [0.25, 0.3) is 11.0 Å². The van der Waals surface area contributed by atoms with Gasteiger partial charge in [0.05, 0.1) is 17.1 Å². The third-order valence-electron chi connectivity index (χ3n) is 3.95. The van der Waals surface area contributed by atoms with E-state index in [4.69, 9.17) is 5.73 Å². The fourth-order valence-electron chi connectivity index (χ4n) is 2.67. The first-order valence-corrected chi connectivity index (χ1v) is 8.33. The number of hydrogen-bond donors (Lipinski definition) is 2. The third kappa shape index (κ3) is 5.56. The highest BCUT2D eigenvalue weighted by molar-refractivity contribution is 6.05. The average Bonchev–Trinajstić information content (AvgIpc) is 2.94. The second kappa shape index (κ2) is 10.6. The van der Waals surface area contributed by atoms with Crippen LogP contribution in [0.1, 0.15) is 62.1 Å². The number of nitrogens with two attached hydrogens (primary N) is 1. The van der Waals surface area contributed by atoms with Gasteiger partial charge in [0.1, 0.15) is 0 Å². The van der Waals surface area contributed by atoms with Crippen molar-refractivity contribution in [2.24, 2.45) is 5.73 Å². The summed E-state index contributed by atoms with van der Waals surface area (Å²) in [5.41, 5.74) is 7.96. The van der Waals surface area contributed by atoms with Crippen molar-refractivity contribution in [3.8, 4) is 0 Å². The number of rotatable bonds is 7. The van der Waals surface area contributed by atoms with Crippen molar-refractivity contribution in [3.63, 3.8) is 0 Å². The van der Waals surface area contributed by atoms with Gasteiger partial charge < -0.3 is 11.1 Å². The number of pyridine rings is 1. The van der Waals surface area contributed by atoms with Crippen molar-refractivity contribution in [1.82, 2.24) is 20.1 Å². The average molecular weight is 390 g/mol. The first kappa shape index (κ1) is 23.6. The summed E-state index contributed by atoms with van der Waals surface area (Å²) in [5.74, 6) is -0.102. The number of amides is 1. The van der Waals surface area contributed by atoms with E-state index in [-0.39, 0.29) is 42.8 Å². The minimum Gasteiger partial charge on any atom is -0.348 e. The second-order valence-electron chi connectivity index (χ2n) is 6.28. The van der Waals surface area contributed by atoms with Gasteiger partial charge in [-0.05, 0) is 33.3 Å². The molecule has 2 rings (SSSR count). The van der Waals surface area contributed by atoms with Crippen molar-refractivity contribution in [3.05, 3.63) is 23.5 Å². The maximum atomic E-state index is 12.7. The lowest BCUT2D eigenvalue weighted by Gasteiger charge is -2.17. The van der Waals surface area contributed by atoms with Crippen molar-refractivity contribution in [1.29, 1.82) is 0 Å². The summed E-state index contributed by atoms with van der Waals surface area (Å²) >= 11 is 0. The Balaban J connectivity index is 0.00000288. The molecule has 25 heavy (non-hydrogen) atoms. The van der Waals surface area contributed by atoms with E-state index in [2.05, 4.69) is 22.3 Å². The molecule has 2 heterocycles. The van der Waals surface area contributed by atoms with Crippen LogP contribution in [0.3, 0.4) is 0 Å². The molecule has 0 aromatic carbocycles. The maximum Gasteiger partial charge on any atom is 0.252 e. The van der Waals surface area contributed by atoms with Crippen molar-refractivity contribution >= 4 is 41.8 Å². The Kier molecular flexibility index (Phi) is 10.0. The lowest BCUT2D eigenvalue weighted by molar-refractivity contribution is 0.0937. The molecular weight excluding hydrogens is 361 g/mol. The fraction of sp³-hybridized carbons (Fsp3) is 0.588. The molecule has 142 valence electrons. The Morgan fingerprint density at radius 2 is 2.04 bits per heavy atom. The van der Waals surface area contributed by atoms with Crippen molar-refractivity contribution in [2.75, 3.05) is 6.54 Å². The number of aromatic nitrogens is 3. The predicted octanol–water partition coefficient (Wildman–Crippen LogP) is 3.41. The van der Waals surface area contributed by atoms with E-state index in [1.165, 1.54) is 0 Å². The van der Waals surface area contributed by atoms with Gasteiger partial charge >= 0.3 is 0 Å². The number of nitrogens with one attached hydrogen (secondary N) is 1. The van der Waals surface area contributed by atoms with Crippen LogP contribution in [0.2, 0.25) is 0 Å². The fourth-order valence-corrected chi connectivity index (χ4v) is 2.67. The predicted molar refractivity (Wildman–Crippen MR) is 107 cm³/mol. The molecule has 0 aliphatic heterocycles. The summed E-state index contributed by atoms with van der Waals surface area (Å²) in [6, 6.07) is 2.02. The van der Waals surface area contributed by atoms with Gasteiger partial charge in [-0.3, -0.25) is 4.79 Å². The molecule has 2 aromatic heterocycles. The molecule has 0 saturated carbocycles. The molecule has 0 fully saturated rings. The lowest BCUT2D eigenvalue weighted by atomic mass is 10.1. The van der Waals surface area contributed by atoms with Gasteiger partial charge in [-0.1, -0.05) is 19.8 Å². The molecule has 6 nitrogen and oxygen atoms in total. The van der Waals surface area contributed by atoms with Gasteiger partial charge in [-0.2, -0.15) is 5.10 Å². The topological polar surface area (TPSA) is 85.8 Å². The highest BCUT2D eigenvalue weighted by atomic mass is 35.5. The highest BCUT2D eigenvalue weighted by Crippen LogP contribution is 2.21. The molecular formula is C17H29Cl2N5O. The molecule has 2 aromatic rings. The van der Waals surface area contributed by atoms with Gasteiger partial charge in [0.15, 0.2) is 5.65 Å². The molecule has 8 heteroatoms. The zero-order valence-electron chi connectivity index (χ0n) is 15.3. The van der Waals surface area contributed by atoms with Gasteiger partial charge in [-0.25, -0.2) is 9.67 Å². The van der Waals surface area contributed by atoms with Crippen LogP contribution >= 0.6 is 24.8 Å². The van der Waals surface area contributed by atoms with Gasteiger partial charge in [0.2, 0.25) is 0 Å². The monoisotopic (exact) mass is 389 g/mol. The highest BCUT2D eigenvalue weighted by Gasteiger charge is 2.18. The number of hydrogen-bond acceptors (Lipinski definition) is 4. The molecule has 0 aliphatic carbocycles. The minimum atomic E-state index is -0.102. The lowest BCUT2D eigenvalue weighted by Crippen LogP contribution is -2.40. The SMILES string of the molecule is CCCCC(CN)NC(=O)c1cc(C)nc2c1cnn2C(C)C.Cl.Cl.